The molecule has 0 heterocycles. The van der Waals surface area contributed by atoms with Gasteiger partial charge in [0.05, 0.1) is 22.4 Å². The van der Waals surface area contributed by atoms with Crippen LogP contribution in [-0.4, -0.2) is 20.5 Å². The Morgan fingerprint density at radius 3 is 2.38 bits per heavy atom. The number of rotatable bonds is 6. The third kappa shape index (κ3) is 5.18. The van der Waals surface area contributed by atoms with E-state index in [0.717, 1.165) is 16.7 Å². The van der Waals surface area contributed by atoms with E-state index in [9.17, 15) is 13.2 Å². The third-order valence-corrected chi connectivity index (χ3v) is 6.22. The van der Waals surface area contributed by atoms with Crippen LogP contribution in [0.15, 0.2) is 87.7 Å². The van der Waals surface area contributed by atoms with Gasteiger partial charge in [0.15, 0.2) is 0 Å². The van der Waals surface area contributed by atoms with Gasteiger partial charge in [-0.2, -0.15) is 5.10 Å². The zero-order chi connectivity index (χ0) is 20.9. The van der Waals surface area contributed by atoms with Gasteiger partial charge in [0.1, 0.15) is 0 Å². The van der Waals surface area contributed by atoms with Crippen LogP contribution >= 0.6 is 0 Å². The number of hydrogen-bond acceptors (Lipinski definition) is 4. The Balaban J connectivity index is 1.77. The molecule has 1 amide bonds. The number of hydrazone groups is 1. The summed E-state index contributed by atoms with van der Waals surface area (Å²) in [5.74, 6) is -0.272. The fourth-order valence-electron chi connectivity index (χ4n) is 2.90. The van der Waals surface area contributed by atoms with Crippen LogP contribution in [0.4, 0.5) is 0 Å². The molecule has 0 fully saturated rings. The monoisotopic (exact) mass is 406 g/mol. The fourth-order valence-corrected chi connectivity index (χ4v) is 4.33. The molecule has 0 unspecified atom stereocenters. The third-order valence-electron chi connectivity index (χ3n) is 4.38. The topological polar surface area (TPSA) is 75.6 Å². The van der Waals surface area contributed by atoms with Gasteiger partial charge in [-0.15, -0.1) is 0 Å². The molecule has 0 spiro atoms. The van der Waals surface area contributed by atoms with E-state index in [1.165, 1.54) is 12.3 Å². The maximum absolute atomic E-state index is 13.0. The highest BCUT2D eigenvalue weighted by atomic mass is 32.2. The van der Waals surface area contributed by atoms with E-state index in [0.29, 0.717) is 5.56 Å². The molecule has 3 aromatic rings. The van der Waals surface area contributed by atoms with E-state index in [4.69, 9.17) is 0 Å². The molecule has 3 aromatic carbocycles. The first-order valence-corrected chi connectivity index (χ1v) is 10.6. The Morgan fingerprint density at radius 2 is 1.66 bits per heavy atom. The predicted molar refractivity (Wildman–Crippen MR) is 114 cm³/mol. The van der Waals surface area contributed by atoms with Crippen LogP contribution in [0.25, 0.3) is 0 Å². The van der Waals surface area contributed by atoms with E-state index in [1.54, 1.807) is 42.5 Å². The number of carbonyl (C=O) groups is 1. The van der Waals surface area contributed by atoms with Crippen LogP contribution in [0, 0.1) is 13.8 Å². The number of benzene rings is 3. The van der Waals surface area contributed by atoms with Gasteiger partial charge in [0.2, 0.25) is 15.7 Å². The van der Waals surface area contributed by atoms with E-state index in [1.807, 2.05) is 38.1 Å². The fraction of sp³-hybridized carbons (Fsp3) is 0.130. The highest BCUT2D eigenvalue weighted by molar-refractivity contribution is 7.91. The Morgan fingerprint density at radius 1 is 0.931 bits per heavy atom. The smallest absolute Gasteiger partial charge is 0.244 e. The molecule has 0 radical (unpaired) electrons. The molecule has 1 N–H and O–H groups in total. The Labute approximate surface area is 171 Å². The van der Waals surface area contributed by atoms with Gasteiger partial charge >= 0.3 is 0 Å². The average molecular weight is 407 g/mol. The van der Waals surface area contributed by atoms with Crippen molar-refractivity contribution in [2.75, 3.05) is 0 Å². The van der Waals surface area contributed by atoms with Gasteiger partial charge in [0, 0.05) is 5.56 Å². The van der Waals surface area contributed by atoms with Crippen molar-refractivity contribution in [3.05, 3.63) is 95.1 Å². The van der Waals surface area contributed by atoms with E-state index < -0.39 is 9.84 Å². The number of carbonyl (C=O) groups excluding carboxylic acids is 1. The second-order valence-electron chi connectivity index (χ2n) is 6.81. The second-order valence-corrected chi connectivity index (χ2v) is 8.73. The number of amides is 1. The molecule has 29 heavy (non-hydrogen) atoms. The van der Waals surface area contributed by atoms with E-state index in [-0.39, 0.29) is 22.1 Å². The summed E-state index contributed by atoms with van der Waals surface area (Å²) < 4.78 is 26.0. The molecule has 3 rings (SSSR count). The largest absolute Gasteiger partial charge is 0.273 e. The SMILES string of the molecule is Cc1ccc(S(=O)(=O)c2ccccc2/C=N/NC(=O)Cc2cccc(C)c2)cc1. The Hall–Kier alpha value is -3.25. The van der Waals surface area contributed by atoms with Gasteiger partial charge in [-0.1, -0.05) is 65.7 Å². The van der Waals surface area contributed by atoms with Crippen molar-refractivity contribution in [2.24, 2.45) is 5.10 Å². The number of nitrogens with zero attached hydrogens (tertiary/aromatic N) is 1. The number of aryl methyl sites for hydroxylation is 2. The number of hydrogen-bond donors (Lipinski definition) is 1. The summed E-state index contributed by atoms with van der Waals surface area (Å²) in [7, 11) is -3.69. The standard InChI is InChI=1S/C23H22N2O3S/c1-17-10-12-21(13-11-17)29(27,28)22-9-4-3-8-20(22)16-24-25-23(26)15-19-7-5-6-18(2)14-19/h3-14,16H,15H2,1-2H3,(H,25,26)/b24-16+. The molecule has 0 aliphatic heterocycles. The van der Waals surface area contributed by atoms with Crippen LogP contribution in [0.3, 0.4) is 0 Å². The van der Waals surface area contributed by atoms with Crippen molar-refractivity contribution in [1.29, 1.82) is 0 Å². The minimum absolute atomic E-state index is 0.139. The lowest BCUT2D eigenvalue weighted by Gasteiger charge is -2.08. The molecule has 0 aliphatic carbocycles. The maximum atomic E-state index is 13.0. The molecule has 0 aliphatic rings. The highest BCUT2D eigenvalue weighted by Gasteiger charge is 2.20. The lowest BCUT2D eigenvalue weighted by molar-refractivity contribution is -0.120. The van der Waals surface area contributed by atoms with Crippen molar-refractivity contribution in [3.8, 4) is 0 Å². The molecule has 0 atom stereocenters. The van der Waals surface area contributed by atoms with Crippen LogP contribution < -0.4 is 5.43 Å². The maximum Gasteiger partial charge on any atom is 0.244 e. The van der Waals surface area contributed by atoms with Gasteiger partial charge in [0.25, 0.3) is 0 Å². The average Bonchev–Trinajstić information content (AvgIpc) is 2.68. The summed E-state index contributed by atoms with van der Waals surface area (Å²) in [6, 6.07) is 20.9. The molecule has 5 nitrogen and oxygen atoms in total. The predicted octanol–water partition coefficient (Wildman–Crippen LogP) is 3.83. The van der Waals surface area contributed by atoms with Crippen molar-refractivity contribution < 1.29 is 13.2 Å². The van der Waals surface area contributed by atoms with Gasteiger partial charge in [-0.3, -0.25) is 4.79 Å². The van der Waals surface area contributed by atoms with Crippen molar-refractivity contribution >= 4 is 22.0 Å². The zero-order valence-corrected chi connectivity index (χ0v) is 17.1. The number of sulfone groups is 1. The lowest BCUT2D eigenvalue weighted by atomic mass is 10.1. The van der Waals surface area contributed by atoms with Crippen LogP contribution in [0.2, 0.25) is 0 Å². The van der Waals surface area contributed by atoms with Crippen molar-refractivity contribution in [2.45, 2.75) is 30.1 Å². The van der Waals surface area contributed by atoms with Gasteiger partial charge in [-0.25, -0.2) is 13.8 Å². The van der Waals surface area contributed by atoms with Crippen molar-refractivity contribution in [3.63, 3.8) is 0 Å². The minimum Gasteiger partial charge on any atom is -0.273 e. The summed E-state index contributed by atoms with van der Waals surface area (Å²) in [5, 5.41) is 3.95. The summed E-state index contributed by atoms with van der Waals surface area (Å²) in [6.45, 7) is 3.86. The van der Waals surface area contributed by atoms with Gasteiger partial charge in [-0.05, 0) is 37.6 Å². The molecular weight excluding hydrogens is 384 g/mol. The normalized spacial score (nSPS) is 11.5. The second kappa shape index (κ2) is 8.84. The minimum atomic E-state index is -3.69. The molecule has 0 aromatic heterocycles. The Kier molecular flexibility index (Phi) is 6.24. The van der Waals surface area contributed by atoms with Crippen LogP contribution in [0.5, 0.6) is 0 Å². The lowest BCUT2D eigenvalue weighted by Crippen LogP contribution is -2.20. The molecule has 0 saturated carbocycles. The van der Waals surface area contributed by atoms with E-state index >= 15 is 0 Å². The molecular formula is C23H22N2O3S. The quantitative estimate of drug-likeness (QED) is 0.499. The first kappa shape index (κ1) is 20.5. The number of nitrogens with one attached hydrogen (secondary N) is 1. The summed E-state index contributed by atoms with van der Waals surface area (Å²) in [6.07, 6.45) is 1.55. The molecule has 148 valence electrons. The van der Waals surface area contributed by atoms with Gasteiger partial charge < -0.3 is 0 Å². The summed E-state index contributed by atoms with van der Waals surface area (Å²) >= 11 is 0. The summed E-state index contributed by atoms with van der Waals surface area (Å²) in [5.41, 5.74) is 5.82. The first-order valence-electron chi connectivity index (χ1n) is 9.14. The molecule has 0 bridgehead atoms. The Bertz CT molecular complexity index is 1150. The molecule has 0 saturated heterocycles. The van der Waals surface area contributed by atoms with Crippen LogP contribution in [-0.2, 0) is 21.1 Å². The molecule has 6 heteroatoms. The zero-order valence-electron chi connectivity index (χ0n) is 16.3. The highest BCUT2D eigenvalue weighted by Crippen LogP contribution is 2.23. The first-order chi connectivity index (χ1) is 13.9. The van der Waals surface area contributed by atoms with E-state index in [2.05, 4.69) is 10.5 Å². The van der Waals surface area contributed by atoms with Crippen molar-refractivity contribution in [1.82, 2.24) is 5.43 Å². The van der Waals surface area contributed by atoms with Crippen LogP contribution in [0.1, 0.15) is 22.3 Å². The summed E-state index contributed by atoms with van der Waals surface area (Å²) in [4.78, 5) is 12.5.